The smallest absolute Gasteiger partial charge is 0.254 e. The van der Waals surface area contributed by atoms with Gasteiger partial charge in [0.2, 0.25) is 5.91 Å². The zero-order valence-electron chi connectivity index (χ0n) is 19.2. The highest BCUT2D eigenvalue weighted by Gasteiger charge is 2.17. The number of carbonyl (C=O) groups excluding carboxylic acids is 2. The molecule has 3 aromatic carbocycles. The highest BCUT2D eigenvalue weighted by molar-refractivity contribution is 7.97. The number of halogens is 1. The van der Waals surface area contributed by atoms with Gasteiger partial charge in [-0.15, -0.1) is 0 Å². The van der Waals surface area contributed by atoms with Gasteiger partial charge in [-0.25, -0.2) is 4.39 Å². The number of rotatable bonds is 8. The molecule has 0 fully saturated rings. The minimum Gasteiger partial charge on any atom is -0.330 e. The van der Waals surface area contributed by atoms with Crippen LogP contribution in [0.2, 0.25) is 0 Å². The topological polar surface area (TPSA) is 61.4 Å². The number of likely N-dealkylation sites (N-methyl/N-ethyl adjacent to an activating group) is 1. The summed E-state index contributed by atoms with van der Waals surface area (Å²) in [6.07, 6.45) is 0. The van der Waals surface area contributed by atoms with Gasteiger partial charge in [-0.05, 0) is 74.3 Å². The van der Waals surface area contributed by atoms with Gasteiger partial charge in [-0.2, -0.15) is 0 Å². The average molecular weight is 468 g/mol. The number of hydrogen-bond donors (Lipinski definition) is 2. The van der Waals surface area contributed by atoms with Gasteiger partial charge >= 0.3 is 0 Å². The van der Waals surface area contributed by atoms with Crippen LogP contribution in [0, 0.1) is 12.7 Å². The fraction of sp³-hybridized carbons (Fsp3) is 0.231. The second-order valence-corrected chi connectivity index (χ2v) is 8.12. The number of hydrogen-bond acceptors (Lipinski definition) is 4. The second kappa shape index (κ2) is 14.1. The minimum absolute atomic E-state index is 0.0688. The molecule has 174 valence electrons. The molecule has 2 amide bonds. The molecule has 2 N–H and O–H groups in total. The van der Waals surface area contributed by atoms with E-state index in [1.54, 1.807) is 6.92 Å². The number of benzene rings is 3. The van der Waals surface area contributed by atoms with E-state index in [1.807, 2.05) is 49.4 Å². The van der Waals surface area contributed by atoms with Crippen LogP contribution < -0.4 is 10.0 Å². The molecule has 5 nitrogen and oxygen atoms in total. The lowest BCUT2D eigenvalue weighted by molar-refractivity contribution is -0.116. The Balaban J connectivity index is 0.000000468. The van der Waals surface area contributed by atoms with E-state index >= 15 is 0 Å². The molecule has 3 aromatic rings. The van der Waals surface area contributed by atoms with Crippen LogP contribution in [0.3, 0.4) is 0 Å². The van der Waals surface area contributed by atoms with Crippen LogP contribution in [0.15, 0.2) is 83.8 Å². The van der Waals surface area contributed by atoms with E-state index in [0.29, 0.717) is 17.8 Å². The zero-order chi connectivity index (χ0) is 24.1. The summed E-state index contributed by atoms with van der Waals surface area (Å²) in [5.74, 6) is -0.993. The first-order valence-electron chi connectivity index (χ1n) is 10.8. The number of anilines is 1. The van der Waals surface area contributed by atoms with E-state index in [1.165, 1.54) is 46.7 Å². The predicted molar refractivity (Wildman–Crippen MR) is 134 cm³/mol. The molecule has 0 unspecified atom stereocenters. The van der Waals surface area contributed by atoms with Gasteiger partial charge in [-0.3, -0.25) is 14.3 Å². The average Bonchev–Trinajstić information content (AvgIpc) is 2.83. The van der Waals surface area contributed by atoms with Gasteiger partial charge in [0.15, 0.2) is 0 Å². The van der Waals surface area contributed by atoms with Crippen molar-refractivity contribution in [2.45, 2.75) is 25.7 Å². The Kier molecular flexibility index (Phi) is 11.1. The summed E-state index contributed by atoms with van der Waals surface area (Å²) in [6.45, 7) is 7.07. The fourth-order valence-corrected chi connectivity index (χ4v) is 3.36. The van der Waals surface area contributed by atoms with Crippen LogP contribution in [0.1, 0.15) is 29.8 Å². The molecule has 0 heterocycles. The van der Waals surface area contributed by atoms with Gasteiger partial charge in [0, 0.05) is 29.2 Å². The first-order chi connectivity index (χ1) is 15.9. The summed E-state index contributed by atoms with van der Waals surface area (Å²) in [7, 11) is 0. The Labute approximate surface area is 199 Å². The predicted octanol–water partition coefficient (Wildman–Crippen LogP) is 5.54. The lowest BCUT2D eigenvalue weighted by Gasteiger charge is -2.20. The summed E-state index contributed by atoms with van der Waals surface area (Å²) >= 11 is 1.52. The van der Waals surface area contributed by atoms with E-state index in [0.717, 1.165) is 11.4 Å². The molecule has 0 aliphatic rings. The van der Waals surface area contributed by atoms with Crippen molar-refractivity contribution in [2.24, 2.45) is 0 Å². The lowest BCUT2D eigenvalue weighted by atomic mass is 10.2. The highest BCUT2D eigenvalue weighted by atomic mass is 32.2. The fourth-order valence-electron chi connectivity index (χ4n) is 2.77. The molecule has 7 heteroatoms. The van der Waals surface area contributed by atoms with Crippen molar-refractivity contribution in [3.05, 3.63) is 95.8 Å². The van der Waals surface area contributed by atoms with Crippen LogP contribution in [-0.2, 0) is 4.79 Å². The Hall–Kier alpha value is -3.16. The third-order valence-electron chi connectivity index (χ3n) is 4.51. The third-order valence-corrected chi connectivity index (χ3v) is 5.45. The maximum atomic E-state index is 13.0. The Morgan fingerprint density at radius 2 is 1.55 bits per heavy atom. The maximum Gasteiger partial charge on any atom is 0.254 e. The van der Waals surface area contributed by atoms with Gasteiger partial charge < -0.3 is 10.2 Å². The summed E-state index contributed by atoms with van der Waals surface area (Å²) in [6, 6.07) is 23.0. The summed E-state index contributed by atoms with van der Waals surface area (Å²) in [5.41, 5.74) is 2.34. The number of carbonyl (C=O) groups is 2. The Morgan fingerprint density at radius 3 is 2.06 bits per heavy atom. The van der Waals surface area contributed by atoms with Crippen LogP contribution >= 0.6 is 11.9 Å². The lowest BCUT2D eigenvalue weighted by Crippen LogP contribution is -2.37. The van der Waals surface area contributed by atoms with E-state index < -0.39 is 5.82 Å². The number of aryl methyl sites for hydroxylation is 1. The SMILES string of the molecule is CCNSc1ccc(NC(=O)CN(CC)C(=O)c2ccc(F)cc2)cc1.Cc1ccccc1. The van der Waals surface area contributed by atoms with E-state index in [9.17, 15) is 14.0 Å². The van der Waals surface area contributed by atoms with Crippen molar-refractivity contribution in [3.8, 4) is 0 Å². The summed E-state index contributed by atoms with van der Waals surface area (Å²) < 4.78 is 16.1. The van der Waals surface area contributed by atoms with Crippen molar-refractivity contribution >= 4 is 29.4 Å². The van der Waals surface area contributed by atoms with Crippen LogP contribution in [-0.4, -0.2) is 36.3 Å². The van der Waals surface area contributed by atoms with Crippen molar-refractivity contribution in [1.82, 2.24) is 9.62 Å². The van der Waals surface area contributed by atoms with Crippen molar-refractivity contribution in [2.75, 3.05) is 25.0 Å². The van der Waals surface area contributed by atoms with Gasteiger partial charge in [0.05, 0.1) is 0 Å². The molecule has 3 rings (SSSR count). The molecule has 0 aromatic heterocycles. The first kappa shape index (κ1) is 26.1. The van der Waals surface area contributed by atoms with E-state index in [-0.39, 0.29) is 18.4 Å². The molecule has 0 radical (unpaired) electrons. The Bertz CT molecular complexity index is 996. The zero-order valence-corrected chi connectivity index (χ0v) is 20.0. The van der Waals surface area contributed by atoms with Crippen molar-refractivity contribution in [1.29, 1.82) is 0 Å². The normalized spacial score (nSPS) is 10.1. The van der Waals surface area contributed by atoms with Crippen LogP contribution in [0.5, 0.6) is 0 Å². The van der Waals surface area contributed by atoms with Gasteiger partial charge in [0.25, 0.3) is 5.91 Å². The highest BCUT2D eigenvalue weighted by Crippen LogP contribution is 2.17. The second-order valence-electron chi connectivity index (χ2n) is 7.15. The minimum atomic E-state index is -0.405. The first-order valence-corrected chi connectivity index (χ1v) is 11.6. The molecule has 0 aliphatic carbocycles. The van der Waals surface area contributed by atoms with Gasteiger partial charge in [-0.1, -0.05) is 42.8 Å². The Morgan fingerprint density at radius 1 is 0.909 bits per heavy atom. The largest absolute Gasteiger partial charge is 0.330 e. The number of nitrogens with zero attached hydrogens (tertiary/aromatic N) is 1. The number of amides is 2. The van der Waals surface area contributed by atoms with Crippen molar-refractivity contribution < 1.29 is 14.0 Å². The molecule has 0 atom stereocenters. The maximum absolute atomic E-state index is 13.0. The molecule has 0 saturated carbocycles. The molecule has 0 spiro atoms. The van der Waals surface area contributed by atoms with E-state index in [4.69, 9.17) is 0 Å². The standard InChI is InChI=1S/C19H22FN3O2S.C7H8/c1-3-21-26-17-11-9-16(10-12-17)22-18(24)13-23(4-2)19(25)14-5-7-15(20)8-6-14;1-7-5-3-2-4-6-7/h5-12,21H,3-4,13H2,1-2H3,(H,22,24);2-6H,1H3. The summed E-state index contributed by atoms with van der Waals surface area (Å²) in [5, 5.41) is 2.78. The molecule has 0 aliphatic heterocycles. The summed E-state index contributed by atoms with van der Waals surface area (Å²) in [4.78, 5) is 27.1. The molecular weight excluding hydrogens is 437 g/mol. The van der Waals surface area contributed by atoms with Crippen LogP contribution in [0.4, 0.5) is 10.1 Å². The van der Waals surface area contributed by atoms with Crippen molar-refractivity contribution in [3.63, 3.8) is 0 Å². The van der Waals surface area contributed by atoms with Crippen LogP contribution in [0.25, 0.3) is 0 Å². The monoisotopic (exact) mass is 467 g/mol. The van der Waals surface area contributed by atoms with E-state index in [2.05, 4.69) is 29.1 Å². The molecule has 33 heavy (non-hydrogen) atoms. The molecule has 0 saturated heterocycles. The molecule has 0 bridgehead atoms. The number of nitrogens with one attached hydrogen (secondary N) is 2. The quantitative estimate of drug-likeness (QED) is 0.427. The van der Waals surface area contributed by atoms with Gasteiger partial charge in [0.1, 0.15) is 12.4 Å². The third kappa shape index (κ3) is 9.47. The molecular formula is C26H30FN3O2S.